The summed E-state index contributed by atoms with van der Waals surface area (Å²) < 4.78 is 0. The zero-order chi connectivity index (χ0) is 12.5. The van der Waals surface area contributed by atoms with E-state index in [4.69, 9.17) is 5.73 Å². The molecule has 0 saturated carbocycles. The van der Waals surface area contributed by atoms with Gasteiger partial charge in [-0.2, -0.15) is 0 Å². The van der Waals surface area contributed by atoms with Crippen LogP contribution in [0.2, 0.25) is 0 Å². The number of benzene rings is 1. The molecule has 96 valence electrons. The van der Waals surface area contributed by atoms with Gasteiger partial charge in [0.2, 0.25) is 0 Å². The first-order valence-electron chi connectivity index (χ1n) is 6.81. The van der Waals surface area contributed by atoms with E-state index in [-0.39, 0.29) is 0 Å². The number of phenols is 1. The Morgan fingerprint density at radius 1 is 1.00 bits per heavy atom. The molecule has 0 aliphatic carbocycles. The van der Waals surface area contributed by atoms with E-state index in [0.29, 0.717) is 5.75 Å². The second-order valence-electron chi connectivity index (χ2n) is 4.75. The average Bonchev–Trinajstić information content (AvgIpc) is 2.32. The summed E-state index contributed by atoms with van der Waals surface area (Å²) in [6.07, 6.45) is 10.1. The Kier molecular flexibility index (Phi) is 6.53. The zero-order valence-electron chi connectivity index (χ0n) is 10.9. The molecule has 0 aliphatic rings. The maximum Gasteiger partial charge on any atom is 0.116 e. The number of hydrogen-bond donors (Lipinski definition) is 2. The van der Waals surface area contributed by atoms with Crippen LogP contribution in [0.4, 0.5) is 5.69 Å². The quantitative estimate of drug-likeness (QED) is 0.401. The van der Waals surface area contributed by atoms with Crippen molar-refractivity contribution in [3.05, 3.63) is 23.8 Å². The maximum atomic E-state index is 9.38. The number of phenolic OH excluding ortho intramolecular Hbond substituents is 1. The van der Waals surface area contributed by atoms with E-state index in [2.05, 4.69) is 6.92 Å². The number of unbranched alkanes of at least 4 members (excludes halogenated alkanes) is 6. The molecule has 2 heteroatoms. The van der Waals surface area contributed by atoms with E-state index < -0.39 is 0 Å². The van der Waals surface area contributed by atoms with Crippen molar-refractivity contribution >= 4 is 5.69 Å². The normalized spacial score (nSPS) is 10.6. The van der Waals surface area contributed by atoms with Crippen LogP contribution in [-0.4, -0.2) is 5.11 Å². The Morgan fingerprint density at radius 2 is 1.65 bits per heavy atom. The van der Waals surface area contributed by atoms with Gasteiger partial charge in [0.1, 0.15) is 5.75 Å². The van der Waals surface area contributed by atoms with Crippen molar-refractivity contribution in [2.75, 3.05) is 5.73 Å². The van der Waals surface area contributed by atoms with E-state index in [1.54, 1.807) is 18.2 Å². The second kappa shape index (κ2) is 7.99. The number of nitrogens with two attached hydrogens (primary N) is 1. The third-order valence-electron chi connectivity index (χ3n) is 3.18. The maximum absolute atomic E-state index is 9.38. The second-order valence-corrected chi connectivity index (χ2v) is 4.75. The van der Waals surface area contributed by atoms with Gasteiger partial charge in [-0.15, -0.1) is 0 Å². The molecule has 0 spiro atoms. The fourth-order valence-electron chi connectivity index (χ4n) is 2.08. The minimum atomic E-state index is 0.317. The molecule has 0 amide bonds. The van der Waals surface area contributed by atoms with Gasteiger partial charge in [0.25, 0.3) is 0 Å². The fraction of sp³-hybridized carbons (Fsp3) is 0.600. The Balaban J connectivity index is 2.15. The lowest BCUT2D eigenvalue weighted by molar-refractivity contribution is 0.474. The van der Waals surface area contributed by atoms with Crippen LogP contribution in [0.25, 0.3) is 0 Å². The molecule has 0 aliphatic heterocycles. The van der Waals surface area contributed by atoms with E-state index in [9.17, 15) is 5.11 Å². The van der Waals surface area contributed by atoms with Crippen molar-refractivity contribution in [1.82, 2.24) is 0 Å². The predicted molar refractivity (Wildman–Crippen MR) is 74.2 cm³/mol. The van der Waals surface area contributed by atoms with Crippen LogP contribution < -0.4 is 5.73 Å². The van der Waals surface area contributed by atoms with Crippen molar-refractivity contribution in [3.63, 3.8) is 0 Å². The molecule has 0 fully saturated rings. The minimum Gasteiger partial charge on any atom is -0.508 e. The lowest BCUT2D eigenvalue weighted by Crippen LogP contribution is -1.94. The number of aryl methyl sites for hydroxylation is 1. The van der Waals surface area contributed by atoms with Crippen LogP contribution in [0.15, 0.2) is 18.2 Å². The third kappa shape index (κ3) is 5.62. The average molecular weight is 235 g/mol. The van der Waals surface area contributed by atoms with Crippen LogP contribution in [0, 0.1) is 0 Å². The van der Waals surface area contributed by atoms with Gasteiger partial charge in [0.05, 0.1) is 0 Å². The SMILES string of the molecule is CCCCCCCCCc1cc(O)ccc1N. The van der Waals surface area contributed by atoms with Crippen molar-refractivity contribution in [1.29, 1.82) is 0 Å². The van der Waals surface area contributed by atoms with Gasteiger partial charge in [0.15, 0.2) is 0 Å². The summed E-state index contributed by atoms with van der Waals surface area (Å²) >= 11 is 0. The Bertz CT molecular complexity index is 323. The molecule has 0 radical (unpaired) electrons. The first-order chi connectivity index (χ1) is 8.24. The summed E-state index contributed by atoms with van der Waals surface area (Å²) in [5, 5.41) is 9.38. The molecule has 0 unspecified atom stereocenters. The van der Waals surface area contributed by atoms with E-state index >= 15 is 0 Å². The largest absolute Gasteiger partial charge is 0.508 e. The summed E-state index contributed by atoms with van der Waals surface area (Å²) in [5.41, 5.74) is 7.74. The van der Waals surface area contributed by atoms with Crippen LogP contribution in [0.3, 0.4) is 0 Å². The van der Waals surface area contributed by atoms with Crippen LogP contribution in [0.1, 0.15) is 57.4 Å². The van der Waals surface area contributed by atoms with Gasteiger partial charge in [-0.3, -0.25) is 0 Å². The summed E-state index contributed by atoms with van der Waals surface area (Å²) in [5.74, 6) is 0.317. The molecule has 1 aromatic carbocycles. The highest BCUT2D eigenvalue weighted by Crippen LogP contribution is 2.20. The summed E-state index contributed by atoms with van der Waals surface area (Å²) in [6, 6.07) is 5.21. The number of hydrogen-bond acceptors (Lipinski definition) is 2. The van der Waals surface area contributed by atoms with Crippen molar-refractivity contribution in [3.8, 4) is 5.75 Å². The van der Waals surface area contributed by atoms with Gasteiger partial charge in [-0.1, -0.05) is 45.4 Å². The highest BCUT2D eigenvalue weighted by atomic mass is 16.3. The summed E-state index contributed by atoms with van der Waals surface area (Å²) in [6.45, 7) is 2.24. The Morgan fingerprint density at radius 3 is 2.35 bits per heavy atom. The molecule has 2 nitrogen and oxygen atoms in total. The Labute approximate surface area is 105 Å². The van der Waals surface area contributed by atoms with E-state index in [1.807, 2.05) is 0 Å². The van der Waals surface area contributed by atoms with Gasteiger partial charge >= 0.3 is 0 Å². The number of aromatic hydroxyl groups is 1. The molecule has 0 heterocycles. The van der Waals surface area contributed by atoms with Crippen molar-refractivity contribution in [2.45, 2.75) is 58.3 Å². The summed E-state index contributed by atoms with van der Waals surface area (Å²) in [4.78, 5) is 0. The molecular formula is C15H25NO. The van der Waals surface area contributed by atoms with Gasteiger partial charge in [-0.05, 0) is 36.6 Å². The Hall–Kier alpha value is -1.18. The molecule has 1 rings (SSSR count). The molecule has 0 atom stereocenters. The number of anilines is 1. The van der Waals surface area contributed by atoms with Crippen molar-refractivity contribution in [2.24, 2.45) is 0 Å². The summed E-state index contributed by atoms with van der Waals surface area (Å²) in [7, 11) is 0. The highest BCUT2D eigenvalue weighted by Gasteiger charge is 2.00. The molecule has 0 aromatic heterocycles. The predicted octanol–water partition coefficient (Wildman–Crippen LogP) is 4.27. The smallest absolute Gasteiger partial charge is 0.116 e. The lowest BCUT2D eigenvalue weighted by Gasteiger charge is -2.06. The lowest BCUT2D eigenvalue weighted by atomic mass is 10.0. The molecule has 0 saturated heterocycles. The van der Waals surface area contributed by atoms with Gasteiger partial charge < -0.3 is 10.8 Å². The zero-order valence-corrected chi connectivity index (χ0v) is 10.9. The monoisotopic (exact) mass is 235 g/mol. The molecule has 17 heavy (non-hydrogen) atoms. The molecule has 1 aromatic rings. The fourth-order valence-corrected chi connectivity index (χ4v) is 2.08. The van der Waals surface area contributed by atoms with Gasteiger partial charge in [0, 0.05) is 5.69 Å². The van der Waals surface area contributed by atoms with Crippen LogP contribution in [0.5, 0.6) is 5.75 Å². The van der Waals surface area contributed by atoms with Gasteiger partial charge in [-0.25, -0.2) is 0 Å². The standard InChI is InChI=1S/C15H25NO/c1-2-3-4-5-6-7-8-9-13-12-14(17)10-11-15(13)16/h10-12,17H,2-9,16H2,1H3. The van der Waals surface area contributed by atoms with E-state index in [1.165, 1.54) is 44.9 Å². The number of rotatable bonds is 8. The first-order valence-corrected chi connectivity index (χ1v) is 6.81. The topological polar surface area (TPSA) is 46.2 Å². The van der Waals surface area contributed by atoms with Crippen LogP contribution in [-0.2, 0) is 6.42 Å². The molecule has 3 N–H and O–H groups in total. The third-order valence-corrected chi connectivity index (χ3v) is 3.18. The number of nitrogen functional groups attached to an aromatic ring is 1. The van der Waals surface area contributed by atoms with Crippen LogP contribution >= 0.6 is 0 Å². The highest BCUT2D eigenvalue weighted by molar-refractivity contribution is 5.50. The van der Waals surface area contributed by atoms with E-state index in [0.717, 1.165) is 17.7 Å². The molecule has 0 bridgehead atoms. The molecular weight excluding hydrogens is 210 g/mol. The minimum absolute atomic E-state index is 0.317. The first kappa shape index (κ1) is 13.9. The van der Waals surface area contributed by atoms with Crippen molar-refractivity contribution < 1.29 is 5.11 Å².